The molecule has 0 saturated carbocycles. The maximum Gasteiger partial charge on any atom is 0.416 e. The van der Waals surface area contributed by atoms with E-state index in [0.29, 0.717) is 0 Å². The van der Waals surface area contributed by atoms with Crippen LogP contribution in [0.3, 0.4) is 0 Å². The zero-order valence-electron chi connectivity index (χ0n) is 10.5. The molecule has 0 bridgehead atoms. The Morgan fingerprint density at radius 3 is 2.10 bits per heavy atom. The van der Waals surface area contributed by atoms with Gasteiger partial charge in [-0.1, -0.05) is 36.4 Å². The minimum absolute atomic E-state index is 0.0708. The van der Waals surface area contributed by atoms with E-state index in [1.807, 2.05) is 24.3 Å². The van der Waals surface area contributed by atoms with Crippen molar-refractivity contribution in [1.82, 2.24) is 0 Å². The minimum atomic E-state index is -4.29. The van der Waals surface area contributed by atoms with Crippen LogP contribution in [0.5, 0.6) is 0 Å². The lowest BCUT2D eigenvalue weighted by Crippen LogP contribution is -2.05. The van der Waals surface area contributed by atoms with Crippen LogP contribution in [0.2, 0.25) is 0 Å². The number of halogens is 4. The van der Waals surface area contributed by atoms with Crippen molar-refractivity contribution >= 4 is 11.6 Å². The standard InChI is InChI=1S/C16H12ClF3/c17-15-9-14(12-3-1-2-4-13(12)15)10-5-7-11(8-6-10)16(18,19)20/h1-8,14-15H,9H2/t14-,15-/m1/s1. The molecule has 0 fully saturated rings. The van der Waals surface area contributed by atoms with E-state index in [1.165, 1.54) is 0 Å². The van der Waals surface area contributed by atoms with E-state index >= 15 is 0 Å². The van der Waals surface area contributed by atoms with Crippen LogP contribution in [-0.4, -0.2) is 0 Å². The van der Waals surface area contributed by atoms with Crippen LogP contribution < -0.4 is 0 Å². The molecule has 2 atom stereocenters. The topological polar surface area (TPSA) is 0 Å². The molecular formula is C16H12ClF3. The van der Waals surface area contributed by atoms with Gasteiger partial charge in [-0.15, -0.1) is 11.6 Å². The van der Waals surface area contributed by atoms with E-state index in [-0.39, 0.29) is 11.3 Å². The highest BCUT2D eigenvalue weighted by Crippen LogP contribution is 2.47. The van der Waals surface area contributed by atoms with E-state index < -0.39 is 11.7 Å². The second-order valence-electron chi connectivity index (χ2n) is 5.00. The van der Waals surface area contributed by atoms with Crippen LogP contribution in [0.1, 0.15) is 40.0 Å². The first-order valence-electron chi connectivity index (χ1n) is 6.37. The summed E-state index contributed by atoms with van der Waals surface area (Å²) in [7, 11) is 0. The SMILES string of the molecule is FC(F)(F)c1ccc([C@H]2C[C@@H](Cl)c3ccccc32)cc1. The van der Waals surface area contributed by atoms with E-state index in [1.54, 1.807) is 12.1 Å². The van der Waals surface area contributed by atoms with Crippen LogP contribution in [-0.2, 0) is 6.18 Å². The first-order valence-corrected chi connectivity index (χ1v) is 6.80. The largest absolute Gasteiger partial charge is 0.416 e. The molecule has 0 amide bonds. The quantitative estimate of drug-likeness (QED) is 0.608. The molecule has 0 aromatic heterocycles. The summed E-state index contributed by atoms with van der Waals surface area (Å²) in [4.78, 5) is 0. The molecule has 2 aromatic carbocycles. The van der Waals surface area contributed by atoms with Crippen LogP contribution in [0, 0.1) is 0 Å². The van der Waals surface area contributed by atoms with Crippen molar-refractivity contribution in [2.45, 2.75) is 23.9 Å². The molecule has 0 unspecified atom stereocenters. The van der Waals surface area contributed by atoms with Gasteiger partial charge in [0.25, 0.3) is 0 Å². The molecule has 2 aromatic rings. The molecule has 104 valence electrons. The van der Waals surface area contributed by atoms with Crippen molar-refractivity contribution in [3.05, 3.63) is 70.8 Å². The number of fused-ring (bicyclic) bond motifs is 1. The monoisotopic (exact) mass is 296 g/mol. The highest BCUT2D eigenvalue weighted by atomic mass is 35.5. The molecule has 0 heterocycles. The van der Waals surface area contributed by atoms with Gasteiger partial charge in [0.1, 0.15) is 0 Å². The zero-order chi connectivity index (χ0) is 14.3. The van der Waals surface area contributed by atoms with Crippen LogP contribution in [0.25, 0.3) is 0 Å². The molecule has 1 aliphatic carbocycles. The van der Waals surface area contributed by atoms with E-state index in [9.17, 15) is 13.2 Å². The third-order valence-electron chi connectivity index (χ3n) is 3.79. The van der Waals surface area contributed by atoms with Gasteiger partial charge in [-0.3, -0.25) is 0 Å². The normalized spacial score (nSPS) is 21.8. The smallest absolute Gasteiger partial charge is 0.166 e. The summed E-state index contributed by atoms with van der Waals surface area (Å²) in [5.74, 6) is 0.0796. The van der Waals surface area contributed by atoms with Gasteiger partial charge in [0.2, 0.25) is 0 Å². The van der Waals surface area contributed by atoms with Crippen molar-refractivity contribution in [2.24, 2.45) is 0 Å². The van der Waals surface area contributed by atoms with Gasteiger partial charge in [-0.25, -0.2) is 0 Å². The number of hydrogen-bond acceptors (Lipinski definition) is 0. The summed E-state index contributed by atoms with van der Waals surface area (Å²) in [5.41, 5.74) is 2.47. The summed E-state index contributed by atoms with van der Waals surface area (Å²) >= 11 is 6.31. The van der Waals surface area contributed by atoms with Crippen molar-refractivity contribution < 1.29 is 13.2 Å². The predicted molar refractivity (Wildman–Crippen MR) is 72.9 cm³/mol. The van der Waals surface area contributed by atoms with Gasteiger partial charge in [0.05, 0.1) is 10.9 Å². The van der Waals surface area contributed by atoms with Crippen LogP contribution >= 0.6 is 11.6 Å². The third-order valence-corrected chi connectivity index (χ3v) is 4.21. The van der Waals surface area contributed by atoms with Crippen molar-refractivity contribution in [3.63, 3.8) is 0 Å². The highest BCUT2D eigenvalue weighted by Gasteiger charge is 2.32. The molecule has 20 heavy (non-hydrogen) atoms. The zero-order valence-corrected chi connectivity index (χ0v) is 11.2. The predicted octanol–water partition coefficient (Wildman–Crippen LogP) is 5.52. The third kappa shape index (κ3) is 2.31. The molecule has 0 spiro atoms. The van der Waals surface area contributed by atoms with Crippen molar-refractivity contribution in [1.29, 1.82) is 0 Å². The fourth-order valence-electron chi connectivity index (χ4n) is 2.79. The van der Waals surface area contributed by atoms with Crippen molar-refractivity contribution in [2.75, 3.05) is 0 Å². The van der Waals surface area contributed by atoms with Gasteiger partial charge in [-0.2, -0.15) is 13.2 Å². The van der Waals surface area contributed by atoms with Crippen molar-refractivity contribution in [3.8, 4) is 0 Å². The Morgan fingerprint density at radius 2 is 1.50 bits per heavy atom. The maximum absolute atomic E-state index is 12.6. The van der Waals surface area contributed by atoms with E-state index in [2.05, 4.69) is 0 Å². The van der Waals surface area contributed by atoms with Gasteiger partial charge in [0, 0.05) is 5.92 Å². The summed E-state index contributed by atoms with van der Waals surface area (Å²) < 4.78 is 37.7. The molecule has 4 heteroatoms. The molecular weight excluding hydrogens is 285 g/mol. The first kappa shape index (κ1) is 13.5. The van der Waals surface area contributed by atoms with Crippen LogP contribution in [0.15, 0.2) is 48.5 Å². The molecule has 0 nitrogen and oxygen atoms in total. The van der Waals surface area contributed by atoms with E-state index in [4.69, 9.17) is 11.6 Å². The molecule has 0 saturated heterocycles. The molecule has 0 radical (unpaired) electrons. The fraction of sp³-hybridized carbons (Fsp3) is 0.250. The van der Waals surface area contributed by atoms with Gasteiger partial charge in [-0.05, 0) is 35.2 Å². The average Bonchev–Trinajstić information content (AvgIpc) is 2.76. The van der Waals surface area contributed by atoms with Gasteiger partial charge in [0.15, 0.2) is 0 Å². The molecule has 0 N–H and O–H groups in total. The van der Waals surface area contributed by atoms with E-state index in [0.717, 1.165) is 35.2 Å². The Morgan fingerprint density at radius 1 is 0.900 bits per heavy atom. The van der Waals surface area contributed by atoms with Gasteiger partial charge >= 0.3 is 6.18 Å². The highest BCUT2D eigenvalue weighted by molar-refractivity contribution is 6.21. The minimum Gasteiger partial charge on any atom is -0.166 e. The summed E-state index contributed by atoms with van der Waals surface area (Å²) in [6.07, 6.45) is -3.56. The first-order chi connectivity index (χ1) is 9.47. The molecule has 1 aliphatic rings. The van der Waals surface area contributed by atoms with Gasteiger partial charge < -0.3 is 0 Å². The van der Waals surface area contributed by atoms with Crippen LogP contribution in [0.4, 0.5) is 13.2 Å². The Hall–Kier alpha value is -1.48. The second kappa shape index (κ2) is 4.81. The fourth-order valence-corrected chi connectivity index (χ4v) is 3.17. The Balaban J connectivity index is 1.95. The number of hydrogen-bond donors (Lipinski definition) is 0. The summed E-state index contributed by atoms with van der Waals surface area (Å²) in [5, 5.41) is -0.0708. The Labute approximate surface area is 120 Å². The maximum atomic E-state index is 12.6. The Kier molecular flexibility index (Phi) is 3.25. The lowest BCUT2D eigenvalue weighted by Gasteiger charge is -2.13. The molecule has 0 aliphatic heterocycles. The summed E-state index contributed by atoms with van der Waals surface area (Å²) in [6.45, 7) is 0. The second-order valence-corrected chi connectivity index (χ2v) is 5.53. The lowest BCUT2D eigenvalue weighted by molar-refractivity contribution is -0.137. The molecule has 3 rings (SSSR count). The lowest BCUT2D eigenvalue weighted by atomic mass is 9.92. The number of benzene rings is 2. The number of alkyl halides is 4. The summed E-state index contributed by atoms with van der Waals surface area (Å²) in [6, 6.07) is 13.2. The average molecular weight is 297 g/mol. The Bertz CT molecular complexity index is 616. The number of rotatable bonds is 1.